The lowest BCUT2D eigenvalue weighted by molar-refractivity contribution is -0.139. The number of halogens is 2. The first-order valence-corrected chi connectivity index (χ1v) is 19.3. The average molecular weight is 722 g/mol. The Morgan fingerprint density at radius 2 is 1.86 bits per heavy atom. The number of amides is 2. The number of rotatable bonds is 14. The van der Waals surface area contributed by atoms with Gasteiger partial charge in [-0.25, -0.2) is 26.3 Å². The van der Waals surface area contributed by atoms with E-state index in [1.807, 2.05) is 0 Å². The van der Waals surface area contributed by atoms with E-state index in [-0.39, 0.29) is 48.2 Å². The highest BCUT2D eigenvalue weighted by Gasteiger charge is 2.32. The van der Waals surface area contributed by atoms with Crippen LogP contribution in [-0.2, 0) is 29.6 Å². The molecule has 1 aliphatic heterocycles. The summed E-state index contributed by atoms with van der Waals surface area (Å²) < 4.78 is 57.6. The lowest BCUT2D eigenvalue weighted by atomic mass is 10.2. The van der Waals surface area contributed by atoms with Gasteiger partial charge in [-0.1, -0.05) is 23.2 Å². The predicted molar refractivity (Wildman–Crippen MR) is 178 cm³/mol. The molecule has 4 rings (SSSR count). The van der Waals surface area contributed by atoms with E-state index in [9.17, 15) is 26.4 Å². The quantitative estimate of drug-likeness (QED) is 0.224. The summed E-state index contributed by atoms with van der Waals surface area (Å²) >= 11 is 14.4. The molecule has 10 nitrogen and oxygen atoms in total. The van der Waals surface area contributed by atoms with E-state index < -0.39 is 20.0 Å². The number of hydrogen-bond acceptors (Lipinski definition) is 8. The molecule has 240 valence electrons. The second-order valence-corrected chi connectivity index (χ2v) is 17.3. The number of thiophene rings is 2. The maximum atomic E-state index is 13.2. The molecular weight excluding hydrogens is 688 g/mol. The number of hydrogen-bond donors (Lipinski definition) is 2. The van der Waals surface area contributed by atoms with Crippen molar-refractivity contribution in [2.75, 3.05) is 32.7 Å². The second kappa shape index (κ2) is 15.0. The molecule has 1 saturated heterocycles. The molecule has 1 aromatic carbocycles. The van der Waals surface area contributed by atoms with Crippen molar-refractivity contribution in [2.24, 2.45) is 0 Å². The second-order valence-electron chi connectivity index (χ2n) is 10.4. The van der Waals surface area contributed by atoms with Crippen LogP contribution in [0.15, 0.2) is 39.9 Å². The summed E-state index contributed by atoms with van der Waals surface area (Å²) in [7, 11) is -7.45. The third kappa shape index (κ3) is 9.25. The third-order valence-electron chi connectivity index (χ3n) is 7.24. The highest BCUT2D eigenvalue weighted by molar-refractivity contribution is 7.92. The molecule has 0 spiro atoms. The van der Waals surface area contributed by atoms with Gasteiger partial charge in [0, 0.05) is 59.2 Å². The number of aryl methyl sites for hydroxylation is 1. The first kappa shape index (κ1) is 34.8. The molecule has 44 heavy (non-hydrogen) atoms. The molecule has 0 saturated carbocycles. The first-order valence-electron chi connectivity index (χ1n) is 13.9. The summed E-state index contributed by atoms with van der Waals surface area (Å²) in [6, 6.07) is 8.36. The van der Waals surface area contributed by atoms with E-state index in [1.165, 1.54) is 40.6 Å². The molecule has 2 amide bonds. The number of benzene rings is 1. The monoisotopic (exact) mass is 720 g/mol. The summed E-state index contributed by atoms with van der Waals surface area (Å²) in [5.41, 5.74) is 0.629. The highest BCUT2D eigenvalue weighted by atomic mass is 35.5. The van der Waals surface area contributed by atoms with Gasteiger partial charge in [0.2, 0.25) is 31.9 Å². The Bertz CT molecular complexity index is 1750. The first-order chi connectivity index (χ1) is 20.8. The molecule has 3 aromatic rings. The Labute approximate surface area is 276 Å². The molecule has 2 N–H and O–H groups in total. The molecule has 16 heteroatoms. The van der Waals surface area contributed by atoms with Gasteiger partial charge in [-0.05, 0) is 80.0 Å². The molecule has 1 atom stereocenters. The van der Waals surface area contributed by atoms with Crippen molar-refractivity contribution in [2.45, 2.75) is 49.8 Å². The zero-order valence-electron chi connectivity index (χ0n) is 24.2. The number of nitrogens with zero attached hydrogens (tertiary/aromatic N) is 2. The lowest BCUT2D eigenvalue weighted by Gasteiger charge is -2.28. The van der Waals surface area contributed by atoms with Crippen molar-refractivity contribution in [3.8, 4) is 0 Å². The SMILES string of the molecule is CC(=O)N(CCCCNS(=O)(=O)/C=C/c1ccc(Cl)s1)CC(=O)N1CCC[C@@H]1CNS(=O)(=O)c1sc2ccc(Cl)cc2c1C. The van der Waals surface area contributed by atoms with Gasteiger partial charge in [0.05, 0.1) is 10.9 Å². The summed E-state index contributed by atoms with van der Waals surface area (Å²) in [4.78, 5) is 29.3. The topological polar surface area (TPSA) is 133 Å². The minimum atomic E-state index is -3.82. The van der Waals surface area contributed by atoms with E-state index in [4.69, 9.17) is 23.2 Å². The van der Waals surface area contributed by atoms with Crippen molar-refractivity contribution in [1.29, 1.82) is 0 Å². The third-order valence-corrected chi connectivity index (χ3v) is 13.1. The molecule has 0 unspecified atom stereocenters. The number of likely N-dealkylation sites (tertiary alicyclic amines) is 1. The summed E-state index contributed by atoms with van der Waals surface area (Å²) in [6.07, 6.45) is 3.80. The summed E-state index contributed by atoms with van der Waals surface area (Å²) in [5.74, 6) is -0.526. The van der Waals surface area contributed by atoms with Gasteiger partial charge in [0.1, 0.15) is 4.21 Å². The molecule has 1 aliphatic rings. The lowest BCUT2D eigenvalue weighted by Crippen LogP contribution is -2.47. The molecule has 3 heterocycles. The van der Waals surface area contributed by atoms with Crippen LogP contribution in [0.2, 0.25) is 9.36 Å². The van der Waals surface area contributed by atoms with E-state index in [0.717, 1.165) is 26.8 Å². The molecule has 1 fully saturated rings. The predicted octanol–water partition coefficient (Wildman–Crippen LogP) is 5.07. The standard InChI is InChI=1S/C28H34Cl2N4O6S4/c1-19-24-16-21(29)7-9-25(24)42-28(19)44(39,40)32-17-22-6-5-14-34(22)27(36)18-33(20(2)35)13-4-3-12-31-43(37,38)15-11-23-8-10-26(30)41-23/h7-11,15-16,22,31-32H,3-6,12-14,17-18H2,1-2H3/b15-11+/t22-/m1/s1. The smallest absolute Gasteiger partial charge is 0.250 e. The molecule has 0 bridgehead atoms. The van der Waals surface area contributed by atoms with Crippen LogP contribution in [-0.4, -0.2) is 77.2 Å². The van der Waals surface area contributed by atoms with E-state index in [0.29, 0.717) is 40.7 Å². The number of fused-ring (bicyclic) bond motifs is 1. The molecule has 2 aromatic heterocycles. The van der Waals surface area contributed by atoms with Crippen LogP contribution >= 0.6 is 45.9 Å². The van der Waals surface area contributed by atoms with Crippen LogP contribution in [0.3, 0.4) is 0 Å². The van der Waals surface area contributed by atoms with Crippen molar-refractivity contribution in [1.82, 2.24) is 19.2 Å². The fourth-order valence-corrected chi connectivity index (χ4v) is 9.88. The van der Waals surface area contributed by atoms with Gasteiger partial charge in [-0.2, -0.15) is 0 Å². The van der Waals surface area contributed by atoms with Gasteiger partial charge in [0.25, 0.3) is 0 Å². The number of sulfonamides is 2. The fraction of sp³-hybridized carbons (Fsp3) is 0.429. The van der Waals surface area contributed by atoms with Gasteiger partial charge >= 0.3 is 0 Å². The van der Waals surface area contributed by atoms with Gasteiger partial charge in [-0.15, -0.1) is 22.7 Å². The average Bonchev–Trinajstić information content (AvgIpc) is 3.69. The Balaban J connectivity index is 1.26. The minimum absolute atomic E-state index is 0.0662. The normalized spacial score (nSPS) is 15.9. The van der Waals surface area contributed by atoms with Crippen LogP contribution in [0, 0.1) is 6.92 Å². The largest absolute Gasteiger partial charge is 0.337 e. The Morgan fingerprint density at radius 1 is 1.09 bits per heavy atom. The van der Waals surface area contributed by atoms with Gasteiger partial charge in [-0.3, -0.25) is 9.59 Å². The van der Waals surface area contributed by atoms with E-state index in [2.05, 4.69) is 9.44 Å². The van der Waals surface area contributed by atoms with Crippen molar-refractivity contribution >= 4 is 93.9 Å². The minimum Gasteiger partial charge on any atom is -0.337 e. The molecular formula is C28H34Cl2N4O6S4. The van der Waals surface area contributed by atoms with Crippen molar-refractivity contribution < 1.29 is 26.4 Å². The van der Waals surface area contributed by atoms with E-state index >= 15 is 0 Å². The molecule has 0 radical (unpaired) electrons. The van der Waals surface area contributed by atoms with Gasteiger partial charge in [0.15, 0.2) is 0 Å². The molecule has 0 aliphatic carbocycles. The summed E-state index contributed by atoms with van der Waals surface area (Å²) in [5, 5.41) is 2.41. The van der Waals surface area contributed by atoms with Crippen LogP contribution in [0.25, 0.3) is 16.2 Å². The Kier molecular flexibility index (Phi) is 11.9. The zero-order chi connectivity index (χ0) is 32.1. The van der Waals surface area contributed by atoms with Gasteiger partial charge < -0.3 is 9.80 Å². The van der Waals surface area contributed by atoms with Crippen LogP contribution in [0.4, 0.5) is 0 Å². The Morgan fingerprint density at radius 3 is 2.57 bits per heavy atom. The van der Waals surface area contributed by atoms with Crippen molar-refractivity contribution in [3.05, 3.63) is 55.5 Å². The van der Waals surface area contributed by atoms with Crippen LogP contribution < -0.4 is 9.44 Å². The zero-order valence-corrected chi connectivity index (χ0v) is 29.0. The number of carbonyl (C=O) groups is 2. The fourth-order valence-electron chi connectivity index (χ4n) is 4.94. The summed E-state index contributed by atoms with van der Waals surface area (Å²) in [6.45, 7) is 4.01. The maximum Gasteiger partial charge on any atom is 0.250 e. The maximum absolute atomic E-state index is 13.2. The number of nitrogens with one attached hydrogen (secondary N) is 2. The Hall–Kier alpha value is -2.04. The van der Waals surface area contributed by atoms with Crippen molar-refractivity contribution in [3.63, 3.8) is 0 Å². The number of carbonyl (C=O) groups excluding carboxylic acids is 2. The highest BCUT2D eigenvalue weighted by Crippen LogP contribution is 2.35. The van der Waals surface area contributed by atoms with Crippen LogP contribution in [0.1, 0.15) is 43.0 Å². The number of unbranched alkanes of at least 4 members (excludes halogenated alkanes) is 1. The van der Waals surface area contributed by atoms with Crippen LogP contribution in [0.5, 0.6) is 0 Å². The van der Waals surface area contributed by atoms with E-state index in [1.54, 1.807) is 42.2 Å².